The average Bonchev–Trinajstić information content (AvgIpc) is 2.30. The summed E-state index contributed by atoms with van der Waals surface area (Å²) in [6.07, 6.45) is 3.33. The Morgan fingerprint density at radius 2 is 1.61 bits per heavy atom. The molecule has 0 spiro atoms. The van der Waals surface area contributed by atoms with Crippen molar-refractivity contribution < 1.29 is 13.2 Å². The predicted molar refractivity (Wildman–Crippen MR) is 64.4 cm³/mol. The molecule has 0 amide bonds. The van der Waals surface area contributed by atoms with Crippen LogP contribution in [0.25, 0.3) is 0 Å². The Labute approximate surface area is 105 Å². The van der Waals surface area contributed by atoms with Crippen LogP contribution in [0.1, 0.15) is 45.1 Å². The predicted octanol–water partition coefficient (Wildman–Crippen LogP) is 3.86. The molecule has 18 heavy (non-hydrogen) atoms. The van der Waals surface area contributed by atoms with Crippen LogP contribution in [0.5, 0.6) is 0 Å². The fourth-order valence-corrected chi connectivity index (χ4v) is 2.90. The van der Waals surface area contributed by atoms with Gasteiger partial charge in [-0.1, -0.05) is 32.8 Å². The maximum atomic E-state index is 13.9. The van der Waals surface area contributed by atoms with Gasteiger partial charge in [0.1, 0.15) is 0 Å². The fourth-order valence-electron chi connectivity index (χ4n) is 2.90. The van der Waals surface area contributed by atoms with E-state index in [1.54, 1.807) is 0 Å². The average molecular weight is 257 g/mol. The van der Waals surface area contributed by atoms with Crippen LogP contribution in [0.4, 0.5) is 13.2 Å². The number of hydrogen-bond acceptors (Lipinski definition) is 1. The van der Waals surface area contributed by atoms with Gasteiger partial charge in [-0.15, -0.1) is 0 Å². The Kier molecular flexibility index (Phi) is 3.18. The smallest absolute Gasteiger partial charge is 0.194 e. The maximum Gasteiger partial charge on any atom is 0.194 e. The molecule has 1 saturated carbocycles. The van der Waals surface area contributed by atoms with E-state index in [1.807, 2.05) is 13.8 Å². The van der Waals surface area contributed by atoms with E-state index in [1.165, 1.54) is 6.07 Å². The molecule has 2 rings (SSSR count). The van der Waals surface area contributed by atoms with Gasteiger partial charge in [-0.3, -0.25) is 0 Å². The van der Waals surface area contributed by atoms with Gasteiger partial charge >= 0.3 is 0 Å². The first-order valence-corrected chi connectivity index (χ1v) is 6.22. The molecular weight excluding hydrogens is 239 g/mol. The molecular formula is C14H18F3N. The highest BCUT2D eigenvalue weighted by Crippen LogP contribution is 2.49. The van der Waals surface area contributed by atoms with Gasteiger partial charge in [-0.25, -0.2) is 13.2 Å². The quantitative estimate of drug-likeness (QED) is 0.760. The second-order valence-corrected chi connectivity index (χ2v) is 5.79. The molecule has 0 radical (unpaired) electrons. The minimum Gasteiger partial charge on any atom is -0.321 e. The summed E-state index contributed by atoms with van der Waals surface area (Å²) in [5.74, 6) is -3.75. The third kappa shape index (κ3) is 1.83. The summed E-state index contributed by atoms with van der Waals surface area (Å²) in [5, 5.41) is 0. The molecule has 0 aromatic heterocycles. The number of nitrogens with two attached hydrogens (primary N) is 1. The van der Waals surface area contributed by atoms with Crippen molar-refractivity contribution in [1.29, 1.82) is 0 Å². The van der Waals surface area contributed by atoms with Crippen LogP contribution in [-0.2, 0) is 5.54 Å². The molecule has 1 aliphatic carbocycles. The van der Waals surface area contributed by atoms with E-state index in [-0.39, 0.29) is 11.0 Å². The summed E-state index contributed by atoms with van der Waals surface area (Å²) in [4.78, 5) is 0. The molecule has 0 aliphatic heterocycles. The van der Waals surface area contributed by atoms with Crippen LogP contribution in [0.3, 0.4) is 0 Å². The zero-order chi connectivity index (χ0) is 13.6. The standard InChI is InChI=1S/C14H18F3N/c1-13(2)7-3-4-8-14(13,18)9-5-6-10(15)12(17)11(9)16/h5-6H,3-4,7-8,18H2,1-2H3. The van der Waals surface area contributed by atoms with Gasteiger partial charge in [-0.2, -0.15) is 0 Å². The van der Waals surface area contributed by atoms with Crippen molar-refractivity contribution in [1.82, 2.24) is 0 Å². The minimum atomic E-state index is -1.43. The lowest BCUT2D eigenvalue weighted by Crippen LogP contribution is -2.52. The monoisotopic (exact) mass is 257 g/mol. The first-order valence-electron chi connectivity index (χ1n) is 6.22. The highest BCUT2D eigenvalue weighted by atomic mass is 19.2. The van der Waals surface area contributed by atoms with Gasteiger partial charge in [0.05, 0.1) is 0 Å². The molecule has 1 fully saturated rings. The second kappa shape index (κ2) is 4.26. The zero-order valence-electron chi connectivity index (χ0n) is 10.7. The molecule has 0 saturated heterocycles. The summed E-state index contributed by atoms with van der Waals surface area (Å²) < 4.78 is 40.3. The molecule has 100 valence electrons. The first-order chi connectivity index (χ1) is 8.29. The minimum absolute atomic E-state index is 0.0890. The Morgan fingerprint density at radius 1 is 1.00 bits per heavy atom. The van der Waals surface area contributed by atoms with E-state index in [2.05, 4.69) is 0 Å². The molecule has 1 atom stereocenters. The number of halogens is 3. The summed E-state index contributed by atoms with van der Waals surface area (Å²) >= 11 is 0. The SMILES string of the molecule is CC1(C)CCCCC1(N)c1ccc(F)c(F)c1F. The Hall–Kier alpha value is -1.03. The van der Waals surface area contributed by atoms with Crippen molar-refractivity contribution in [2.24, 2.45) is 11.1 Å². The van der Waals surface area contributed by atoms with Crippen molar-refractivity contribution in [2.45, 2.75) is 45.1 Å². The van der Waals surface area contributed by atoms with Crippen LogP contribution in [-0.4, -0.2) is 0 Å². The van der Waals surface area contributed by atoms with Crippen molar-refractivity contribution in [3.05, 3.63) is 35.1 Å². The lowest BCUT2D eigenvalue weighted by Gasteiger charge is -2.48. The molecule has 1 aliphatic rings. The van der Waals surface area contributed by atoms with Crippen molar-refractivity contribution in [3.63, 3.8) is 0 Å². The van der Waals surface area contributed by atoms with E-state index in [4.69, 9.17) is 5.73 Å². The molecule has 0 bridgehead atoms. The molecule has 1 nitrogen and oxygen atoms in total. The fraction of sp³-hybridized carbons (Fsp3) is 0.571. The Morgan fingerprint density at radius 3 is 2.22 bits per heavy atom. The summed E-state index contributed by atoms with van der Waals surface area (Å²) in [7, 11) is 0. The molecule has 1 aromatic carbocycles. The van der Waals surface area contributed by atoms with Crippen LogP contribution in [0.15, 0.2) is 12.1 Å². The van der Waals surface area contributed by atoms with Gasteiger partial charge in [0.2, 0.25) is 0 Å². The van der Waals surface area contributed by atoms with Gasteiger partial charge in [-0.05, 0) is 24.3 Å². The summed E-state index contributed by atoms with van der Waals surface area (Å²) in [5.41, 5.74) is 5.16. The van der Waals surface area contributed by atoms with E-state index in [0.29, 0.717) is 6.42 Å². The van der Waals surface area contributed by atoms with Crippen molar-refractivity contribution >= 4 is 0 Å². The highest BCUT2D eigenvalue weighted by molar-refractivity contribution is 5.30. The van der Waals surface area contributed by atoms with Gasteiger partial charge < -0.3 is 5.73 Å². The highest BCUT2D eigenvalue weighted by Gasteiger charge is 2.46. The first kappa shape index (κ1) is 13.4. The van der Waals surface area contributed by atoms with Crippen LogP contribution in [0.2, 0.25) is 0 Å². The number of rotatable bonds is 1. The van der Waals surface area contributed by atoms with E-state index in [9.17, 15) is 13.2 Å². The van der Waals surface area contributed by atoms with Gasteiger partial charge in [0.15, 0.2) is 17.5 Å². The van der Waals surface area contributed by atoms with Gasteiger partial charge in [0, 0.05) is 11.1 Å². The molecule has 1 unspecified atom stereocenters. The molecule has 0 heterocycles. The summed E-state index contributed by atoms with van der Waals surface area (Å²) in [6, 6.07) is 2.23. The van der Waals surface area contributed by atoms with Crippen LogP contribution in [0, 0.1) is 22.9 Å². The van der Waals surface area contributed by atoms with Crippen LogP contribution < -0.4 is 5.73 Å². The lowest BCUT2D eigenvalue weighted by atomic mass is 9.61. The third-order valence-corrected chi connectivity index (χ3v) is 4.35. The lowest BCUT2D eigenvalue weighted by molar-refractivity contribution is 0.0933. The van der Waals surface area contributed by atoms with Crippen molar-refractivity contribution in [3.8, 4) is 0 Å². The second-order valence-electron chi connectivity index (χ2n) is 5.79. The molecule has 2 N–H and O–H groups in total. The zero-order valence-corrected chi connectivity index (χ0v) is 10.7. The maximum absolute atomic E-state index is 13.9. The van der Waals surface area contributed by atoms with E-state index < -0.39 is 23.0 Å². The van der Waals surface area contributed by atoms with E-state index >= 15 is 0 Å². The largest absolute Gasteiger partial charge is 0.321 e. The van der Waals surface area contributed by atoms with E-state index in [0.717, 1.165) is 25.3 Å². The third-order valence-electron chi connectivity index (χ3n) is 4.35. The Bertz CT molecular complexity index is 470. The molecule has 1 aromatic rings. The van der Waals surface area contributed by atoms with Crippen LogP contribution >= 0.6 is 0 Å². The summed E-state index contributed by atoms with van der Waals surface area (Å²) in [6.45, 7) is 3.90. The molecule has 4 heteroatoms. The number of benzene rings is 1. The van der Waals surface area contributed by atoms with Crippen molar-refractivity contribution in [2.75, 3.05) is 0 Å². The number of hydrogen-bond donors (Lipinski definition) is 1. The normalized spacial score (nSPS) is 27.2. The Balaban J connectivity index is 2.56. The topological polar surface area (TPSA) is 26.0 Å². The van der Waals surface area contributed by atoms with Gasteiger partial charge in [0.25, 0.3) is 0 Å².